The van der Waals surface area contributed by atoms with Crippen molar-refractivity contribution < 1.29 is 13.2 Å². The summed E-state index contributed by atoms with van der Waals surface area (Å²) < 4.78 is 38.0. The Morgan fingerprint density at radius 2 is 2.05 bits per heavy atom. The minimum atomic E-state index is -4.23. The fourth-order valence-electron chi connectivity index (χ4n) is 1.82. The quantitative estimate of drug-likeness (QED) is 0.865. The number of aromatic nitrogens is 1. The number of halogens is 3. The summed E-state index contributed by atoms with van der Waals surface area (Å²) in [4.78, 5) is 5.28. The molecule has 0 radical (unpaired) electrons. The first kappa shape index (κ1) is 15.8. The summed E-state index contributed by atoms with van der Waals surface area (Å²) in [5.41, 5.74) is 1.37. The van der Waals surface area contributed by atoms with Crippen molar-refractivity contribution in [3.8, 4) is 0 Å². The highest BCUT2D eigenvalue weighted by Gasteiger charge is 2.32. The average Bonchev–Trinajstić information content (AvgIpc) is 2.32. The van der Waals surface area contributed by atoms with Gasteiger partial charge in [-0.15, -0.1) is 0 Å². The third-order valence-corrected chi connectivity index (χ3v) is 2.74. The second-order valence-corrected chi connectivity index (χ2v) is 4.62. The van der Waals surface area contributed by atoms with E-state index in [9.17, 15) is 13.2 Å². The van der Waals surface area contributed by atoms with E-state index < -0.39 is 12.7 Å². The maximum absolute atomic E-state index is 12.7. The molecule has 0 aliphatic rings. The molecule has 1 aromatic rings. The fraction of sp³-hybridized carbons (Fsp3) is 0.615. The Kier molecular flexibility index (Phi) is 5.60. The molecule has 108 valence electrons. The second-order valence-electron chi connectivity index (χ2n) is 4.62. The van der Waals surface area contributed by atoms with E-state index in [2.05, 4.69) is 10.3 Å². The van der Waals surface area contributed by atoms with Crippen molar-refractivity contribution in [1.82, 2.24) is 10.3 Å². The molecule has 0 amide bonds. The summed E-state index contributed by atoms with van der Waals surface area (Å²) in [7, 11) is 0. The number of rotatable bonds is 6. The number of nitrogens with zero attached hydrogens (tertiary/aromatic N) is 2. The van der Waals surface area contributed by atoms with E-state index >= 15 is 0 Å². The number of anilines is 1. The Hall–Kier alpha value is -1.30. The van der Waals surface area contributed by atoms with Gasteiger partial charge in [-0.25, -0.2) is 0 Å². The minimum Gasteiger partial charge on any atom is -0.359 e. The second kappa shape index (κ2) is 6.75. The van der Waals surface area contributed by atoms with E-state index in [1.54, 1.807) is 26.1 Å². The highest BCUT2D eigenvalue weighted by Crippen LogP contribution is 2.26. The van der Waals surface area contributed by atoms with Gasteiger partial charge in [-0.1, -0.05) is 6.92 Å². The molecule has 0 fully saturated rings. The Morgan fingerprint density at radius 1 is 1.37 bits per heavy atom. The van der Waals surface area contributed by atoms with Crippen LogP contribution in [0, 0.1) is 0 Å². The van der Waals surface area contributed by atoms with Gasteiger partial charge in [-0.2, -0.15) is 13.2 Å². The Balaban J connectivity index is 3.01. The highest BCUT2D eigenvalue weighted by molar-refractivity contribution is 5.52. The molecule has 0 unspecified atom stereocenters. The molecule has 0 atom stereocenters. The van der Waals surface area contributed by atoms with Crippen LogP contribution < -0.4 is 10.2 Å². The van der Waals surface area contributed by atoms with Crippen LogP contribution in [0.1, 0.15) is 26.3 Å². The number of hydrogen-bond acceptors (Lipinski definition) is 3. The van der Waals surface area contributed by atoms with Crippen molar-refractivity contribution in [2.45, 2.75) is 39.5 Å². The zero-order chi connectivity index (χ0) is 14.5. The first-order valence-electron chi connectivity index (χ1n) is 6.32. The largest absolute Gasteiger partial charge is 0.405 e. The predicted molar refractivity (Wildman–Crippen MR) is 70.2 cm³/mol. The molecule has 19 heavy (non-hydrogen) atoms. The van der Waals surface area contributed by atoms with Crippen LogP contribution in [0.3, 0.4) is 0 Å². The Morgan fingerprint density at radius 3 is 2.58 bits per heavy atom. The van der Waals surface area contributed by atoms with Gasteiger partial charge in [0.2, 0.25) is 0 Å². The van der Waals surface area contributed by atoms with Crippen LogP contribution in [-0.4, -0.2) is 30.3 Å². The van der Waals surface area contributed by atoms with Gasteiger partial charge in [-0.05, 0) is 32.0 Å². The summed E-state index contributed by atoms with van der Waals surface area (Å²) in [6, 6.07) is 1.51. The molecule has 1 rings (SSSR count). The molecular formula is C13H20F3N3. The topological polar surface area (TPSA) is 28.2 Å². The molecule has 0 saturated heterocycles. The molecule has 6 heteroatoms. The van der Waals surface area contributed by atoms with E-state index in [1.807, 2.05) is 6.92 Å². The van der Waals surface area contributed by atoms with E-state index in [4.69, 9.17) is 0 Å². The molecule has 3 nitrogen and oxygen atoms in total. The summed E-state index contributed by atoms with van der Waals surface area (Å²) >= 11 is 0. The lowest BCUT2D eigenvalue weighted by molar-refractivity contribution is -0.120. The van der Waals surface area contributed by atoms with Gasteiger partial charge in [0, 0.05) is 18.8 Å². The smallest absolute Gasteiger partial charge is 0.359 e. The monoisotopic (exact) mass is 275 g/mol. The van der Waals surface area contributed by atoms with Crippen LogP contribution in [0.15, 0.2) is 18.5 Å². The van der Waals surface area contributed by atoms with Crippen molar-refractivity contribution in [1.29, 1.82) is 0 Å². The number of nitrogens with one attached hydrogen (secondary N) is 1. The van der Waals surface area contributed by atoms with Crippen LogP contribution in [0.25, 0.3) is 0 Å². The van der Waals surface area contributed by atoms with Crippen molar-refractivity contribution in [2.75, 3.05) is 18.0 Å². The SMILES string of the molecule is CCNCc1ccncc1N(CC(F)(F)F)C(C)C. The van der Waals surface area contributed by atoms with Gasteiger partial charge in [0.15, 0.2) is 0 Å². The highest BCUT2D eigenvalue weighted by atomic mass is 19.4. The molecule has 0 spiro atoms. The first-order chi connectivity index (χ1) is 8.85. The van der Waals surface area contributed by atoms with Gasteiger partial charge in [0.05, 0.1) is 11.9 Å². The molecular weight excluding hydrogens is 255 g/mol. The minimum absolute atomic E-state index is 0.244. The number of alkyl halides is 3. The summed E-state index contributed by atoms with van der Waals surface area (Å²) in [6.45, 7) is 5.79. The third-order valence-electron chi connectivity index (χ3n) is 2.74. The van der Waals surface area contributed by atoms with E-state index in [-0.39, 0.29) is 6.04 Å². The zero-order valence-corrected chi connectivity index (χ0v) is 11.5. The van der Waals surface area contributed by atoms with Crippen LogP contribution in [0.5, 0.6) is 0 Å². The maximum atomic E-state index is 12.7. The molecule has 0 aromatic carbocycles. The van der Waals surface area contributed by atoms with Crippen LogP contribution in [0.4, 0.5) is 18.9 Å². The normalized spacial score (nSPS) is 11.9. The molecule has 1 heterocycles. The Bertz CT molecular complexity index is 391. The van der Waals surface area contributed by atoms with E-state index in [0.29, 0.717) is 12.2 Å². The van der Waals surface area contributed by atoms with Gasteiger partial charge in [0.25, 0.3) is 0 Å². The molecule has 0 aliphatic carbocycles. The number of pyridine rings is 1. The Labute approximate surface area is 111 Å². The average molecular weight is 275 g/mol. The fourth-order valence-corrected chi connectivity index (χ4v) is 1.82. The molecule has 1 aromatic heterocycles. The van der Waals surface area contributed by atoms with Gasteiger partial charge in [-0.3, -0.25) is 4.98 Å². The van der Waals surface area contributed by atoms with Crippen LogP contribution >= 0.6 is 0 Å². The lowest BCUT2D eigenvalue weighted by atomic mass is 10.1. The maximum Gasteiger partial charge on any atom is 0.405 e. The number of hydrogen-bond donors (Lipinski definition) is 1. The van der Waals surface area contributed by atoms with Crippen molar-refractivity contribution in [3.63, 3.8) is 0 Å². The van der Waals surface area contributed by atoms with Gasteiger partial charge in [0.1, 0.15) is 6.54 Å². The van der Waals surface area contributed by atoms with E-state index in [1.165, 1.54) is 11.1 Å². The molecule has 0 saturated carbocycles. The van der Waals surface area contributed by atoms with Crippen molar-refractivity contribution in [2.24, 2.45) is 0 Å². The standard InChI is InChI=1S/C13H20F3N3/c1-4-17-7-11-5-6-18-8-12(11)19(10(2)3)9-13(14,15)16/h5-6,8,10,17H,4,7,9H2,1-3H3. The lowest BCUT2D eigenvalue weighted by Gasteiger charge is -2.31. The van der Waals surface area contributed by atoms with Crippen LogP contribution in [-0.2, 0) is 6.54 Å². The molecule has 0 bridgehead atoms. The molecule has 0 aliphatic heterocycles. The molecule has 1 N–H and O–H groups in total. The lowest BCUT2D eigenvalue weighted by Crippen LogP contribution is -2.40. The summed E-state index contributed by atoms with van der Waals surface area (Å²) in [5.74, 6) is 0. The van der Waals surface area contributed by atoms with Crippen molar-refractivity contribution in [3.05, 3.63) is 24.0 Å². The first-order valence-corrected chi connectivity index (χ1v) is 6.32. The van der Waals surface area contributed by atoms with E-state index in [0.717, 1.165) is 12.1 Å². The van der Waals surface area contributed by atoms with Crippen LogP contribution in [0.2, 0.25) is 0 Å². The predicted octanol–water partition coefficient (Wildman–Crippen LogP) is 2.97. The zero-order valence-electron chi connectivity index (χ0n) is 11.5. The van der Waals surface area contributed by atoms with Gasteiger partial charge >= 0.3 is 6.18 Å². The third kappa shape index (κ3) is 5.06. The summed E-state index contributed by atoms with van der Waals surface area (Å²) in [5, 5.41) is 3.13. The van der Waals surface area contributed by atoms with Crippen molar-refractivity contribution >= 4 is 5.69 Å². The summed E-state index contributed by atoms with van der Waals surface area (Å²) in [6.07, 6.45) is -1.13. The van der Waals surface area contributed by atoms with Gasteiger partial charge < -0.3 is 10.2 Å².